The molecule has 154 valence electrons. The highest BCUT2D eigenvalue weighted by Crippen LogP contribution is 2.26. The minimum absolute atomic E-state index is 0.119. The number of halogens is 1. The average molecular weight is 423 g/mol. The number of amides is 1. The molecule has 0 unspecified atom stereocenters. The Hall–Kier alpha value is -3.19. The number of fused-ring (bicyclic) bond motifs is 1. The lowest BCUT2D eigenvalue weighted by atomic mass is 10.0. The van der Waals surface area contributed by atoms with Crippen LogP contribution in [0.2, 0.25) is 5.02 Å². The average Bonchev–Trinajstić information content (AvgIpc) is 3.24. The van der Waals surface area contributed by atoms with Gasteiger partial charge in [-0.05, 0) is 32.4 Å². The van der Waals surface area contributed by atoms with Crippen LogP contribution in [-0.2, 0) is 13.6 Å². The van der Waals surface area contributed by atoms with Gasteiger partial charge in [0.15, 0.2) is 0 Å². The van der Waals surface area contributed by atoms with E-state index in [9.17, 15) is 4.79 Å². The van der Waals surface area contributed by atoms with Gasteiger partial charge in [-0.1, -0.05) is 29.8 Å². The second-order valence-electron chi connectivity index (χ2n) is 7.31. The molecule has 1 aromatic carbocycles. The Morgan fingerprint density at radius 3 is 2.63 bits per heavy atom. The van der Waals surface area contributed by atoms with Crippen molar-refractivity contribution < 1.29 is 4.79 Å². The van der Waals surface area contributed by atoms with E-state index in [0.29, 0.717) is 23.7 Å². The van der Waals surface area contributed by atoms with Crippen LogP contribution in [0, 0.1) is 13.8 Å². The van der Waals surface area contributed by atoms with Crippen molar-refractivity contribution in [2.45, 2.75) is 26.8 Å². The van der Waals surface area contributed by atoms with Gasteiger partial charge in [0, 0.05) is 43.5 Å². The topological polar surface area (TPSA) is 77.6 Å². The molecule has 8 heteroatoms. The first-order valence-corrected chi connectivity index (χ1v) is 10.2. The quantitative estimate of drug-likeness (QED) is 0.478. The van der Waals surface area contributed by atoms with Crippen molar-refractivity contribution in [1.82, 2.24) is 29.9 Å². The van der Waals surface area contributed by atoms with Crippen LogP contribution >= 0.6 is 11.6 Å². The van der Waals surface area contributed by atoms with Crippen LogP contribution in [0.15, 0.2) is 42.7 Å². The molecule has 3 heterocycles. The summed E-state index contributed by atoms with van der Waals surface area (Å²) in [6.07, 6.45) is 4.48. The van der Waals surface area contributed by atoms with Crippen molar-refractivity contribution in [1.29, 1.82) is 0 Å². The van der Waals surface area contributed by atoms with E-state index < -0.39 is 0 Å². The number of rotatable bonds is 6. The van der Waals surface area contributed by atoms with Gasteiger partial charge in [-0.15, -0.1) is 0 Å². The van der Waals surface area contributed by atoms with Gasteiger partial charge in [0.05, 0.1) is 33.2 Å². The van der Waals surface area contributed by atoms with Gasteiger partial charge >= 0.3 is 0 Å². The van der Waals surface area contributed by atoms with E-state index in [4.69, 9.17) is 16.6 Å². The molecule has 0 saturated carbocycles. The zero-order chi connectivity index (χ0) is 21.3. The maximum Gasteiger partial charge on any atom is 0.252 e. The van der Waals surface area contributed by atoms with Gasteiger partial charge in [0.25, 0.3) is 5.91 Å². The highest BCUT2D eigenvalue weighted by atomic mass is 35.5. The summed E-state index contributed by atoms with van der Waals surface area (Å²) in [6.45, 7) is 5.03. The van der Waals surface area contributed by atoms with Crippen molar-refractivity contribution in [2.75, 3.05) is 6.54 Å². The molecule has 0 spiro atoms. The summed E-state index contributed by atoms with van der Waals surface area (Å²) in [4.78, 5) is 17.8. The number of para-hydroxylation sites is 1. The Morgan fingerprint density at radius 2 is 1.93 bits per heavy atom. The second-order valence-corrected chi connectivity index (χ2v) is 7.72. The number of nitrogens with zero attached hydrogens (tertiary/aromatic N) is 5. The maximum atomic E-state index is 13.0. The fourth-order valence-electron chi connectivity index (χ4n) is 3.50. The van der Waals surface area contributed by atoms with Gasteiger partial charge in [0.1, 0.15) is 0 Å². The van der Waals surface area contributed by atoms with Crippen molar-refractivity contribution in [3.05, 3.63) is 64.7 Å². The van der Waals surface area contributed by atoms with Crippen molar-refractivity contribution >= 4 is 28.4 Å². The molecule has 1 N–H and O–H groups in total. The van der Waals surface area contributed by atoms with E-state index in [1.54, 1.807) is 15.6 Å². The van der Waals surface area contributed by atoms with Gasteiger partial charge < -0.3 is 5.32 Å². The largest absolute Gasteiger partial charge is 0.352 e. The van der Waals surface area contributed by atoms with Crippen LogP contribution in [0.4, 0.5) is 0 Å². The van der Waals surface area contributed by atoms with Crippen molar-refractivity contribution in [2.24, 2.45) is 7.05 Å². The molecule has 0 saturated heterocycles. The van der Waals surface area contributed by atoms with Gasteiger partial charge in [-0.25, -0.2) is 4.98 Å². The zero-order valence-corrected chi connectivity index (χ0v) is 17.9. The summed E-state index contributed by atoms with van der Waals surface area (Å²) in [7, 11) is 1.87. The number of carbonyl (C=O) groups excluding carboxylic acids is 1. The first-order chi connectivity index (χ1) is 14.4. The Balaban J connectivity index is 1.54. The molecular weight excluding hydrogens is 400 g/mol. The van der Waals surface area contributed by atoms with Crippen LogP contribution in [-0.4, -0.2) is 37.0 Å². The molecule has 0 fully saturated rings. The van der Waals surface area contributed by atoms with E-state index in [1.807, 2.05) is 57.4 Å². The summed E-state index contributed by atoms with van der Waals surface area (Å²) in [5, 5.41) is 13.2. The molecule has 1 amide bonds. The lowest BCUT2D eigenvalue weighted by molar-refractivity contribution is 0.0954. The molecule has 0 aliphatic carbocycles. The predicted octanol–water partition coefficient (Wildman–Crippen LogP) is 3.92. The van der Waals surface area contributed by atoms with E-state index in [-0.39, 0.29) is 5.91 Å². The summed E-state index contributed by atoms with van der Waals surface area (Å²) in [5.74, 6) is -0.119. The second kappa shape index (κ2) is 8.28. The number of hydrogen-bond acceptors (Lipinski definition) is 4. The minimum Gasteiger partial charge on any atom is -0.352 e. The number of nitrogens with one attached hydrogen (secondary N) is 1. The van der Waals surface area contributed by atoms with E-state index in [2.05, 4.69) is 15.5 Å². The molecule has 30 heavy (non-hydrogen) atoms. The first kappa shape index (κ1) is 20.1. The minimum atomic E-state index is -0.119. The molecule has 7 nitrogen and oxygen atoms in total. The third kappa shape index (κ3) is 4.07. The third-order valence-electron chi connectivity index (χ3n) is 4.99. The number of aromatic nitrogens is 5. The van der Waals surface area contributed by atoms with Crippen LogP contribution in [0.1, 0.15) is 28.2 Å². The fourth-order valence-corrected chi connectivity index (χ4v) is 3.65. The summed E-state index contributed by atoms with van der Waals surface area (Å²) >= 11 is 6.04. The van der Waals surface area contributed by atoms with E-state index in [1.165, 1.54) is 0 Å². The normalized spacial score (nSPS) is 11.2. The Bertz CT molecular complexity index is 1210. The molecule has 4 aromatic rings. The number of pyridine rings is 1. The van der Waals surface area contributed by atoms with Crippen molar-refractivity contribution in [3.8, 4) is 11.3 Å². The van der Waals surface area contributed by atoms with Crippen LogP contribution in [0.3, 0.4) is 0 Å². The Kier molecular flexibility index (Phi) is 5.55. The standard InChI is InChI=1S/C22H23ClN6O/c1-14-18(12-28(3)26-14)21-11-17(16-7-4-5-8-20(16)25-21)22(30)24-9-6-10-29-13-19(23)15(2)27-29/h4-5,7-8,11-13H,6,9-10H2,1-3H3,(H,24,30). The summed E-state index contributed by atoms with van der Waals surface area (Å²) in [6, 6.07) is 9.53. The molecule has 4 rings (SSSR count). The summed E-state index contributed by atoms with van der Waals surface area (Å²) in [5.41, 5.74) is 4.73. The van der Waals surface area contributed by atoms with Crippen LogP contribution < -0.4 is 5.32 Å². The van der Waals surface area contributed by atoms with Crippen LogP contribution in [0.25, 0.3) is 22.2 Å². The molecule has 0 bridgehead atoms. The first-order valence-electron chi connectivity index (χ1n) is 9.80. The maximum absolute atomic E-state index is 13.0. The lowest BCUT2D eigenvalue weighted by Gasteiger charge is -2.10. The monoisotopic (exact) mass is 422 g/mol. The Morgan fingerprint density at radius 1 is 1.13 bits per heavy atom. The fraction of sp³-hybridized carbons (Fsp3) is 0.273. The molecular formula is C22H23ClN6O. The predicted molar refractivity (Wildman–Crippen MR) is 118 cm³/mol. The number of aryl methyl sites for hydroxylation is 4. The van der Waals surface area contributed by atoms with Crippen molar-refractivity contribution in [3.63, 3.8) is 0 Å². The number of benzene rings is 1. The highest BCUT2D eigenvalue weighted by Gasteiger charge is 2.16. The molecule has 0 aliphatic heterocycles. The SMILES string of the molecule is Cc1nn(CCCNC(=O)c2cc(-c3cn(C)nc3C)nc3ccccc23)cc1Cl. The van der Waals surface area contributed by atoms with E-state index in [0.717, 1.165) is 40.0 Å². The summed E-state index contributed by atoms with van der Waals surface area (Å²) < 4.78 is 3.56. The highest BCUT2D eigenvalue weighted by molar-refractivity contribution is 6.31. The zero-order valence-electron chi connectivity index (χ0n) is 17.2. The molecule has 0 aliphatic rings. The van der Waals surface area contributed by atoms with Gasteiger partial charge in [-0.2, -0.15) is 10.2 Å². The molecule has 0 radical (unpaired) electrons. The van der Waals surface area contributed by atoms with Gasteiger partial charge in [-0.3, -0.25) is 14.2 Å². The lowest BCUT2D eigenvalue weighted by Crippen LogP contribution is -2.25. The number of hydrogen-bond donors (Lipinski definition) is 1. The third-order valence-corrected chi connectivity index (χ3v) is 5.36. The smallest absolute Gasteiger partial charge is 0.252 e. The molecule has 0 atom stereocenters. The Labute approximate surface area is 179 Å². The van der Waals surface area contributed by atoms with Crippen LogP contribution in [0.5, 0.6) is 0 Å². The number of carbonyl (C=O) groups is 1. The van der Waals surface area contributed by atoms with Gasteiger partial charge in [0.2, 0.25) is 0 Å². The van der Waals surface area contributed by atoms with E-state index >= 15 is 0 Å². The molecule has 3 aromatic heterocycles.